The number of hydrogen-bond donors (Lipinski definition) is 2. The number of hydrogen-bond acceptors (Lipinski definition) is 3. The summed E-state index contributed by atoms with van der Waals surface area (Å²) in [5.74, 6) is -1.39. The first-order valence-electron chi connectivity index (χ1n) is 4.59. The van der Waals surface area contributed by atoms with E-state index >= 15 is 0 Å². The molecule has 3 N–H and O–H groups in total. The van der Waals surface area contributed by atoms with Crippen LogP contribution in [0.1, 0.15) is 22.3 Å². The van der Waals surface area contributed by atoms with Gasteiger partial charge in [0.25, 0.3) is 0 Å². The SMILES string of the molecule is Cc1ccccc1C(=O)C(N)CC(=O)O. The summed E-state index contributed by atoms with van der Waals surface area (Å²) in [6.07, 6.45) is -0.340. The fraction of sp³-hybridized carbons (Fsp3) is 0.273. The quantitative estimate of drug-likeness (QED) is 0.721. The highest BCUT2D eigenvalue weighted by molar-refractivity contribution is 6.02. The molecular weight excluding hydrogens is 194 g/mol. The van der Waals surface area contributed by atoms with Gasteiger partial charge in [0.05, 0.1) is 12.5 Å². The van der Waals surface area contributed by atoms with E-state index in [0.717, 1.165) is 5.56 Å². The van der Waals surface area contributed by atoms with Crippen molar-refractivity contribution in [1.82, 2.24) is 0 Å². The van der Waals surface area contributed by atoms with Gasteiger partial charge in [-0.15, -0.1) is 0 Å². The first-order chi connectivity index (χ1) is 7.02. The first kappa shape index (κ1) is 11.4. The Balaban J connectivity index is 2.85. The minimum atomic E-state index is -1.07. The third-order valence-electron chi connectivity index (χ3n) is 2.14. The van der Waals surface area contributed by atoms with Crippen molar-refractivity contribution in [3.63, 3.8) is 0 Å². The van der Waals surface area contributed by atoms with Gasteiger partial charge in [-0.25, -0.2) is 0 Å². The van der Waals surface area contributed by atoms with Gasteiger partial charge in [-0.1, -0.05) is 24.3 Å². The molecule has 1 rings (SSSR count). The molecule has 15 heavy (non-hydrogen) atoms. The van der Waals surface area contributed by atoms with Crippen LogP contribution in [-0.2, 0) is 4.79 Å². The van der Waals surface area contributed by atoms with E-state index in [1.165, 1.54) is 0 Å². The molecule has 1 unspecified atom stereocenters. The van der Waals surface area contributed by atoms with E-state index in [9.17, 15) is 9.59 Å². The fourth-order valence-electron chi connectivity index (χ4n) is 1.33. The van der Waals surface area contributed by atoms with E-state index in [2.05, 4.69) is 0 Å². The van der Waals surface area contributed by atoms with Crippen molar-refractivity contribution < 1.29 is 14.7 Å². The number of carboxylic acid groups (broad SMARTS) is 1. The van der Waals surface area contributed by atoms with Crippen molar-refractivity contribution >= 4 is 11.8 Å². The summed E-state index contributed by atoms with van der Waals surface area (Å²) in [7, 11) is 0. The van der Waals surface area contributed by atoms with Crippen molar-refractivity contribution in [2.24, 2.45) is 5.73 Å². The average Bonchev–Trinajstić information content (AvgIpc) is 2.16. The number of aryl methyl sites for hydroxylation is 1. The Hall–Kier alpha value is -1.68. The second-order valence-electron chi connectivity index (χ2n) is 3.38. The summed E-state index contributed by atoms with van der Waals surface area (Å²) < 4.78 is 0. The molecule has 4 nitrogen and oxygen atoms in total. The van der Waals surface area contributed by atoms with E-state index in [4.69, 9.17) is 10.8 Å². The maximum Gasteiger partial charge on any atom is 0.305 e. The van der Waals surface area contributed by atoms with Crippen molar-refractivity contribution in [2.45, 2.75) is 19.4 Å². The predicted octanol–water partition coefficient (Wildman–Crippen LogP) is 0.980. The molecule has 0 aliphatic heterocycles. The molecule has 0 spiro atoms. The highest BCUT2D eigenvalue weighted by Crippen LogP contribution is 2.10. The number of carboxylic acids is 1. The zero-order valence-electron chi connectivity index (χ0n) is 8.43. The van der Waals surface area contributed by atoms with Gasteiger partial charge in [0.1, 0.15) is 0 Å². The predicted molar refractivity (Wildman–Crippen MR) is 55.7 cm³/mol. The minimum absolute atomic E-state index is 0.324. The number of rotatable bonds is 4. The fourth-order valence-corrected chi connectivity index (χ4v) is 1.33. The van der Waals surface area contributed by atoms with Crippen molar-refractivity contribution in [2.75, 3.05) is 0 Å². The molecule has 0 aromatic heterocycles. The molecule has 0 fully saturated rings. The average molecular weight is 207 g/mol. The summed E-state index contributed by atoms with van der Waals surface area (Å²) in [4.78, 5) is 22.1. The summed E-state index contributed by atoms with van der Waals surface area (Å²) in [6, 6.07) is 6.02. The van der Waals surface area contributed by atoms with Gasteiger partial charge in [-0.3, -0.25) is 9.59 Å². The topological polar surface area (TPSA) is 80.4 Å². The Labute approximate surface area is 87.7 Å². The van der Waals surface area contributed by atoms with Crippen molar-refractivity contribution in [1.29, 1.82) is 0 Å². The number of carbonyl (C=O) groups is 2. The molecule has 1 aromatic rings. The van der Waals surface area contributed by atoms with Crippen LogP contribution in [0, 0.1) is 6.92 Å². The number of Topliss-reactive ketones (excluding diaryl/α,β-unsaturated/α-hetero) is 1. The van der Waals surface area contributed by atoms with E-state index < -0.39 is 12.0 Å². The molecular formula is C11H13NO3. The third kappa shape index (κ3) is 2.89. The molecule has 1 atom stereocenters. The molecule has 0 saturated heterocycles. The zero-order chi connectivity index (χ0) is 11.4. The van der Waals surface area contributed by atoms with E-state index in [1.807, 2.05) is 6.07 Å². The number of benzene rings is 1. The molecule has 0 aliphatic rings. The molecule has 80 valence electrons. The highest BCUT2D eigenvalue weighted by atomic mass is 16.4. The summed E-state index contributed by atoms with van der Waals surface area (Å²) in [6.45, 7) is 1.79. The van der Waals surface area contributed by atoms with Gasteiger partial charge >= 0.3 is 5.97 Å². The summed E-state index contributed by atoms with van der Waals surface area (Å²) in [5.41, 5.74) is 6.79. The summed E-state index contributed by atoms with van der Waals surface area (Å²) >= 11 is 0. The van der Waals surface area contributed by atoms with Crippen LogP contribution in [0.3, 0.4) is 0 Å². The standard InChI is InChI=1S/C11H13NO3/c1-7-4-2-3-5-8(7)11(15)9(12)6-10(13)14/h2-5,9H,6,12H2,1H3,(H,13,14). The monoisotopic (exact) mass is 207 g/mol. The molecule has 0 bridgehead atoms. The molecule has 1 aromatic carbocycles. The first-order valence-corrected chi connectivity index (χ1v) is 4.59. The van der Waals surface area contributed by atoms with E-state index in [0.29, 0.717) is 5.56 Å². The maximum absolute atomic E-state index is 11.7. The zero-order valence-corrected chi connectivity index (χ0v) is 8.43. The lowest BCUT2D eigenvalue weighted by atomic mass is 9.98. The Morgan fingerprint density at radius 2 is 2.00 bits per heavy atom. The van der Waals surface area contributed by atoms with Crippen LogP contribution >= 0.6 is 0 Å². The van der Waals surface area contributed by atoms with Crippen LogP contribution in [0.4, 0.5) is 0 Å². The lowest BCUT2D eigenvalue weighted by molar-refractivity contribution is -0.137. The molecule has 0 saturated carbocycles. The lowest BCUT2D eigenvalue weighted by Gasteiger charge is -2.09. The second-order valence-corrected chi connectivity index (χ2v) is 3.38. The largest absolute Gasteiger partial charge is 0.481 e. The van der Waals surface area contributed by atoms with Crippen molar-refractivity contribution in [3.8, 4) is 0 Å². The molecule has 4 heteroatoms. The van der Waals surface area contributed by atoms with E-state index in [1.54, 1.807) is 25.1 Å². The van der Waals surface area contributed by atoms with Crippen LogP contribution in [0.2, 0.25) is 0 Å². The van der Waals surface area contributed by atoms with Crippen LogP contribution in [0.15, 0.2) is 24.3 Å². The number of ketones is 1. The number of aliphatic carboxylic acids is 1. The Morgan fingerprint density at radius 1 is 1.40 bits per heavy atom. The second kappa shape index (κ2) is 4.70. The maximum atomic E-state index is 11.7. The highest BCUT2D eigenvalue weighted by Gasteiger charge is 2.19. The molecule has 0 aliphatic carbocycles. The third-order valence-corrected chi connectivity index (χ3v) is 2.14. The lowest BCUT2D eigenvalue weighted by Crippen LogP contribution is -2.33. The molecule has 0 radical (unpaired) electrons. The van der Waals surface area contributed by atoms with Crippen LogP contribution in [0.5, 0.6) is 0 Å². The van der Waals surface area contributed by atoms with Gasteiger partial charge in [-0.05, 0) is 12.5 Å². The Bertz CT molecular complexity index is 387. The minimum Gasteiger partial charge on any atom is -0.481 e. The smallest absolute Gasteiger partial charge is 0.305 e. The van der Waals surface area contributed by atoms with Gasteiger partial charge in [0, 0.05) is 5.56 Å². The van der Waals surface area contributed by atoms with Gasteiger partial charge < -0.3 is 10.8 Å². The molecule has 0 amide bonds. The number of carbonyl (C=O) groups excluding carboxylic acids is 1. The van der Waals surface area contributed by atoms with Crippen LogP contribution in [0.25, 0.3) is 0 Å². The van der Waals surface area contributed by atoms with Crippen LogP contribution in [-0.4, -0.2) is 22.9 Å². The van der Waals surface area contributed by atoms with E-state index in [-0.39, 0.29) is 12.2 Å². The van der Waals surface area contributed by atoms with Crippen molar-refractivity contribution in [3.05, 3.63) is 35.4 Å². The summed E-state index contributed by atoms with van der Waals surface area (Å²) in [5, 5.41) is 8.52. The normalized spacial score (nSPS) is 12.1. The van der Waals surface area contributed by atoms with Gasteiger partial charge in [0.15, 0.2) is 5.78 Å². The Morgan fingerprint density at radius 3 is 2.53 bits per heavy atom. The Kier molecular flexibility index (Phi) is 3.57. The number of nitrogens with two attached hydrogens (primary N) is 1. The van der Waals surface area contributed by atoms with Gasteiger partial charge in [0.2, 0.25) is 0 Å². The molecule has 0 heterocycles. The van der Waals surface area contributed by atoms with Crippen LogP contribution < -0.4 is 5.73 Å². The van der Waals surface area contributed by atoms with Gasteiger partial charge in [-0.2, -0.15) is 0 Å².